The summed E-state index contributed by atoms with van der Waals surface area (Å²) in [5, 5.41) is 87.3. The predicted octanol–water partition coefficient (Wildman–Crippen LogP) is 13.1. The van der Waals surface area contributed by atoms with Crippen molar-refractivity contribution in [3.05, 3.63) is 72.9 Å². The SMILES string of the molecule is CCCCC/C=C\C/C=C\C/C=C\CCCCCCCCC(=O)NC(COC1OC(CO)C(OC2OC(CO)C(O)C(O)C2O)C(O)C1O)C(O)/C=C/CC/C=C/CC/C=C/CCCCCCCCCCCCCCCCCCCCCC. The van der Waals surface area contributed by atoms with E-state index < -0.39 is 86.8 Å². The number of hydrogen-bond acceptors (Lipinski definition) is 13. The number of carbonyl (C=O) groups is 1. The molecular formula is C69H123NO13. The molecule has 2 fully saturated rings. The van der Waals surface area contributed by atoms with Crippen LogP contribution < -0.4 is 5.32 Å². The molecule has 2 aliphatic rings. The third-order valence-electron chi connectivity index (χ3n) is 16.1. The Bertz CT molecular complexity index is 1670. The van der Waals surface area contributed by atoms with E-state index in [1.807, 2.05) is 6.08 Å². The van der Waals surface area contributed by atoms with E-state index in [9.17, 15) is 45.6 Å². The smallest absolute Gasteiger partial charge is 0.220 e. The molecular weight excluding hydrogens is 1050 g/mol. The van der Waals surface area contributed by atoms with Gasteiger partial charge in [0, 0.05) is 6.42 Å². The van der Waals surface area contributed by atoms with Crippen LogP contribution in [0.4, 0.5) is 0 Å². The Labute approximate surface area is 504 Å². The maximum absolute atomic E-state index is 13.3. The minimum absolute atomic E-state index is 0.252. The van der Waals surface area contributed by atoms with Gasteiger partial charge in [0.25, 0.3) is 0 Å². The number of unbranched alkanes of at least 4 members (excludes halogenated alkanes) is 31. The molecule has 2 aliphatic heterocycles. The van der Waals surface area contributed by atoms with E-state index in [2.05, 4.69) is 79.9 Å². The summed E-state index contributed by atoms with van der Waals surface area (Å²) in [7, 11) is 0. The highest BCUT2D eigenvalue weighted by Crippen LogP contribution is 2.30. The normalized spacial score (nSPS) is 24.3. The average Bonchev–Trinajstić information content (AvgIpc) is 3.64. The number of ether oxygens (including phenoxy) is 4. The van der Waals surface area contributed by atoms with Crippen LogP contribution in [0.1, 0.15) is 264 Å². The van der Waals surface area contributed by atoms with Crippen LogP contribution in [0.5, 0.6) is 0 Å². The summed E-state index contributed by atoms with van der Waals surface area (Å²) in [6, 6.07) is -0.950. The minimum Gasteiger partial charge on any atom is -0.394 e. The number of aliphatic hydroxyl groups excluding tert-OH is 8. The molecule has 0 saturated carbocycles. The highest BCUT2D eigenvalue weighted by atomic mass is 16.7. The number of hydrogen-bond donors (Lipinski definition) is 9. The van der Waals surface area contributed by atoms with E-state index in [1.165, 1.54) is 154 Å². The van der Waals surface area contributed by atoms with E-state index >= 15 is 0 Å². The van der Waals surface area contributed by atoms with Crippen LogP contribution in [0.2, 0.25) is 0 Å². The van der Waals surface area contributed by atoms with E-state index in [-0.39, 0.29) is 18.9 Å². The van der Waals surface area contributed by atoms with Gasteiger partial charge in [0.2, 0.25) is 5.91 Å². The molecule has 0 aromatic heterocycles. The van der Waals surface area contributed by atoms with Crippen molar-refractivity contribution in [3.63, 3.8) is 0 Å². The first-order chi connectivity index (χ1) is 40.6. The van der Waals surface area contributed by atoms with Gasteiger partial charge in [0.15, 0.2) is 12.6 Å². The molecule has 12 unspecified atom stereocenters. The Morgan fingerprint density at radius 1 is 0.434 bits per heavy atom. The zero-order valence-electron chi connectivity index (χ0n) is 52.2. The van der Waals surface area contributed by atoms with Crippen LogP contribution in [0.3, 0.4) is 0 Å². The summed E-state index contributed by atoms with van der Waals surface area (Å²) >= 11 is 0. The lowest BCUT2D eigenvalue weighted by Gasteiger charge is -2.46. The fourth-order valence-corrected chi connectivity index (χ4v) is 10.7. The molecule has 2 saturated heterocycles. The number of rotatable bonds is 54. The van der Waals surface area contributed by atoms with Gasteiger partial charge >= 0.3 is 0 Å². The number of nitrogens with one attached hydrogen (secondary N) is 1. The molecule has 2 rings (SSSR count). The first-order valence-corrected chi connectivity index (χ1v) is 33.7. The number of carbonyl (C=O) groups excluding carboxylic acids is 1. The van der Waals surface area contributed by atoms with Gasteiger partial charge in [-0.2, -0.15) is 0 Å². The van der Waals surface area contributed by atoms with Crippen LogP contribution in [0.15, 0.2) is 72.9 Å². The zero-order valence-corrected chi connectivity index (χ0v) is 52.2. The summed E-state index contributed by atoms with van der Waals surface area (Å²) in [4.78, 5) is 13.3. The van der Waals surface area contributed by atoms with E-state index in [0.717, 1.165) is 77.0 Å². The minimum atomic E-state index is -1.80. The summed E-state index contributed by atoms with van der Waals surface area (Å²) < 4.78 is 22.8. The van der Waals surface area contributed by atoms with Crippen LogP contribution in [0, 0.1) is 0 Å². The molecule has 0 spiro atoms. The van der Waals surface area contributed by atoms with Crippen molar-refractivity contribution >= 4 is 5.91 Å². The maximum atomic E-state index is 13.3. The van der Waals surface area contributed by atoms with Gasteiger partial charge in [-0.05, 0) is 83.5 Å². The molecule has 9 N–H and O–H groups in total. The second kappa shape index (κ2) is 53.7. The summed E-state index contributed by atoms with van der Waals surface area (Å²) in [5.41, 5.74) is 0. The third kappa shape index (κ3) is 38.4. The van der Waals surface area contributed by atoms with Gasteiger partial charge in [0.05, 0.1) is 32.0 Å². The molecule has 14 heteroatoms. The van der Waals surface area contributed by atoms with Crippen molar-refractivity contribution < 1.29 is 64.6 Å². The second-order valence-corrected chi connectivity index (χ2v) is 23.6. The summed E-state index contributed by atoms with van der Waals surface area (Å²) in [6.07, 6.45) is 55.3. The van der Waals surface area contributed by atoms with Crippen molar-refractivity contribution in [2.45, 2.75) is 338 Å². The van der Waals surface area contributed by atoms with Crippen molar-refractivity contribution in [2.24, 2.45) is 0 Å². The van der Waals surface area contributed by atoms with Gasteiger partial charge in [-0.3, -0.25) is 4.79 Å². The van der Waals surface area contributed by atoms with Crippen LogP contribution in [-0.2, 0) is 23.7 Å². The molecule has 1 amide bonds. The van der Waals surface area contributed by atoms with E-state index in [0.29, 0.717) is 12.8 Å². The van der Waals surface area contributed by atoms with Crippen LogP contribution in [-0.4, -0.2) is 140 Å². The zero-order chi connectivity index (χ0) is 60.2. The summed E-state index contributed by atoms with van der Waals surface area (Å²) in [6.45, 7) is 2.75. The van der Waals surface area contributed by atoms with Gasteiger partial charge in [-0.25, -0.2) is 0 Å². The quantitative estimate of drug-likeness (QED) is 0.0204. The van der Waals surface area contributed by atoms with E-state index in [4.69, 9.17) is 18.9 Å². The molecule has 0 aromatic carbocycles. The van der Waals surface area contributed by atoms with Gasteiger partial charge in [-0.1, -0.05) is 247 Å². The predicted molar refractivity (Wildman–Crippen MR) is 337 cm³/mol. The van der Waals surface area contributed by atoms with Crippen LogP contribution >= 0.6 is 0 Å². The standard InChI is InChI=1S/C69H123NO13/c1-3-5-7-9-11-13-15-17-19-21-23-24-25-26-27-28-29-30-31-32-33-35-36-38-40-42-44-46-48-50-52-58(73)57(70-61(74)53-51-49-47-45-43-41-39-37-34-22-20-18-16-14-12-10-8-6-4-2)56-80-68-66(79)64(77)67(60(55-72)82-68)83-69-65(78)63(76)62(75)59(54-71)81-69/h12,14,18,20,34-37,42,44,50,52,57-60,62-69,71-73,75-79H,3-11,13,15-17,19,21-33,38-41,43,45-49,51,53-56H2,1-2H3,(H,70,74)/b14-12-,20-18-,36-35+,37-34-,44-42+,52-50+. The maximum Gasteiger partial charge on any atom is 0.220 e. The molecule has 0 aromatic rings. The Morgan fingerprint density at radius 2 is 0.807 bits per heavy atom. The van der Waals surface area contributed by atoms with Crippen molar-refractivity contribution in [1.29, 1.82) is 0 Å². The lowest BCUT2D eigenvalue weighted by Crippen LogP contribution is -2.65. The largest absolute Gasteiger partial charge is 0.394 e. The van der Waals surface area contributed by atoms with Crippen molar-refractivity contribution in [1.82, 2.24) is 5.32 Å². The van der Waals surface area contributed by atoms with Crippen molar-refractivity contribution in [2.75, 3.05) is 19.8 Å². The average molecular weight is 1170 g/mol. The Kier molecular flexibility index (Phi) is 49.5. The third-order valence-corrected chi connectivity index (χ3v) is 16.1. The van der Waals surface area contributed by atoms with Gasteiger partial charge in [-0.15, -0.1) is 0 Å². The number of amides is 1. The molecule has 0 bridgehead atoms. The Morgan fingerprint density at radius 3 is 1.29 bits per heavy atom. The number of allylic oxidation sites excluding steroid dienone is 11. The summed E-state index contributed by atoms with van der Waals surface area (Å²) in [5.74, 6) is -0.266. The molecule has 482 valence electrons. The topological polar surface area (TPSA) is 228 Å². The monoisotopic (exact) mass is 1170 g/mol. The molecule has 0 radical (unpaired) electrons. The molecule has 14 nitrogen and oxygen atoms in total. The highest BCUT2D eigenvalue weighted by Gasteiger charge is 2.51. The van der Waals surface area contributed by atoms with Gasteiger partial charge < -0.3 is 65.1 Å². The first kappa shape index (κ1) is 76.5. The van der Waals surface area contributed by atoms with Crippen LogP contribution in [0.25, 0.3) is 0 Å². The Hall–Kier alpha value is -2.57. The van der Waals surface area contributed by atoms with E-state index in [1.54, 1.807) is 6.08 Å². The lowest BCUT2D eigenvalue weighted by atomic mass is 9.97. The first-order valence-electron chi connectivity index (χ1n) is 33.7. The fraction of sp³-hybridized carbons (Fsp3) is 0.812. The molecule has 12 atom stereocenters. The second-order valence-electron chi connectivity index (χ2n) is 23.6. The lowest BCUT2D eigenvalue weighted by molar-refractivity contribution is -0.359. The number of aliphatic hydroxyl groups is 8. The van der Waals surface area contributed by atoms with Gasteiger partial charge in [0.1, 0.15) is 48.8 Å². The molecule has 0 aliphatic carbocycles. The molecule has 83 heavy (non-hydrogen) atoms. The Balaban J connectivity index is 1.73. The highest BCUT2D eigenvalue weighted by molar-refractivity contribution is 5.76. The van der Waals surface area contributed by atoms with Crippen molar-refractivity contribution in [3.8, 4) is 0 Å². The fourth-order valence-electron chi connectivity index (χ4n) is 10.7. The molecule has 2 heterocycles.